The zero-order chi connectivity index (χ0) is 22.9. The van der Waals surface area contributed by atoms with Gasteiger partial charge in [0.1, 0.15) is 5.82 Å². The fraction of sp³-hybridized carbons (Fsp3) is 0.458. The molecule has 0 aliphatic rings. The quantitative estimate of drug-likeness (QED) is 0.485. The normalized spacial score (nSPS) is 14.6. The molecule has 0 spiro atoms. The molecule has 0 amide bonds. The molecule has 0 saturated carbocycles. The van der Waals surface area contributed by atoms with E-state index in [1.165, 1.54) is 0 Å². The Labute approximate surface area is 181 Å². The van der Waals surface area contributed by atoms with Crippen LogP contribution in [0.15, 0.2) is 48.7 Å². The van der Waals surface area contributed by atoms with E-state index in [0.717, 1.165) is 29.9 Å². The van der Waals surface area contributed by atoms with Crippen molar-refractivity contribution in [2.24, 2.45) is 0 Å². The van der Waals surface area contributed by atoms with E-state index in [1.807, 2.05) is 26.0 Å². The molecule has 2 heterocycles. The summed E-state index contributed by atoms with van der Waals surface area (Å²) >= 11 is 0. The van der Waals surface area contributed by atoms with Gasteiger partial charge in [0.25, 0.3) is 0 Å². The van der Waals surface area contributed by atoms with Crippen LogP contribution in [-0.4, -0.2) is 39.9 Å². The number of nitrogens with one attached hydrogen (secondary N) is 1. The van der Waals surface area contributed by atoms with Gasteiger partial charge in [0.15, 0.2) is 5.60 Å². The smallest absolute Gasteiger partial charge is 0.380 e. The second kappa shape index (κ2) is 8.54. The maximum atomic E-state index is 14.1. The summed E-state index contributed by atoms with van der Waals surface area (Å²) in [5.74, 6) is 0.777. The monoisotopic (exact) mass is 433 g/mol. The lowest BCUT2D eigenvalue weighted by atomic mass is 9.73. The molecule has 0 radical (unpaired) electrons. The topological polar surface area (TPSA) is 52.1 Å². The van der Waals surface area contributed by atoms with Crippen LogP contribution in [0.1, 0.15) is 45.4 Å². The molecule has 1 aromatic carbocycles. The van der Waals surface area contributed by atoms with E-state index in [0.29, 0.717) is 11.2 Å². The minimum atomic E-state index is -4.78. The standard InChI is InChI=1S/C24H30F3N3O/c1-5-30(6-2)21-13-17-12-19(29-20(17)15-28-21)14-23(31,24(25,26)27)16-22(3,4)18-10-8-7-9-11-18/h7-13,15,29,31H,5-6,14,16H2,1-4H3. The van der Waals surface area contributed by atoms with Crippen molar-refractivity contribution in [1.82, 2.24) is 9.97 Å². The van der Waals surface area contributed by atoms with Crippen LogP contribution in [0.25, 0.3) is 10.9 Å². The number of anilines is 1. The van der Waals surface area contributed by atoms with Gasteiger partial charge in [-0.2, -0.15) is 13.2 Å². The number of pyridine rings is 1. The molecule has 0 saturated heterocycles. The largest absolute Gasteiger partial charge is 0.417 e. The number of halogens is 3. The number of H-pyrrole nitrogens is 1. The van der Waals surface area contributed by atoms with Gasteiger partial charge < -0.3 is 15.0 Å². The highest BCUT2D eigenvalue weighted by Crippen LogP contribution is 2.43. The van der Waals surface area contributed by atoms with Gasteiger partial charge in [-0.1, -0.05) is 44.2 Å². The highest BCUT2D eigenvalue weighted by molar-refractivity contribution is 5.82. The molecule has 3 aromatic rings. The number of hydrogen-bond acceptors (Lipinski definition) is 3. The summed E-state index contributed by atoms with van der Waals surface area (Å²) in [5, 5.41) is 11.7. The van der Waals surface area contributed by atoms with Gasteiger partial charge in [0.05, 0.1) is 11.7 Å². The van der Waals surface area contributed by atoms with E-state index >= 15 is 0 Å². The van der Waals surface area contributed by atoms with Crippen LogP contribution >= 0.6 is 0 Å². The fourth-order valence-electron chi connectivity index (χ4n) is 4.20. The summed E-state index contributed by atoms with van der Waals surface area (Å²) in [4.78, 5) is 9.50. The van der Waals surface area contributed by atoms with E-state index < -0.39 is 30.0 Å². The van der Waals surface area contributed by atoms with Gasteiger partial charge in [-0.25, -0.2) is 4.98 Å². The van der Waals surface area contributed by atoms with Crippen molar-refractivity contribution in [2.45, 2.75) is 57.7 Å². The minimum Gasteiger partial charge on any atom is -0.380 e. The Hall–Kier alpha value is -2.54. The second-order valence-electron chi connectivity index (χ2n) is 8.73. The molecule has 0 aliphatic carbocycles. The molecular weight excluding hydrogens is 403 g/mol. The van der Waals surface area contributed by atoms with Crippen LogP contribution < -0.4 is 4.90 Å². The van der Waals surface area contributed by atoms with Crippen molar-refractivity contribution in [3.05, 3.63) is 59.9 Å². The third-order valence-corrected chi connectivity index (χ3v) is 5.93. The number of aromatic nitrogens is 2. The molecule has 2 aromatic heterocycles. The number of rotatable bonds is 8. The molecular formula is C24H30F3N3O. The Morgan fingerprint density at radius 3 is 2.26 bits per heavy atom. The number of nitrogens with zero attached hydrogens (tertiary/aromatic N) is 2. The molecule has 7 heteroatoms. The number of aliphatic hydroxyl groups is 1. The Balaban J connectivity index is 1.93. The second-order valence-corrected chi connectivity index (χ2v) is 8.73. The van der Waals surface area contributed by atoms with Gasteiger partial charge in [-0.15, -0.1) is 0 Å². The first-order chi connectivity index (χ1) is 14.5. The molecule has 1 unspecified atom stereocenters. The number of hydrogen-bond donors (Lipinski definition) is 2. The predicted molar refractivity (Wildman–Crippen MR) is 118 cm³/mol. The van der Waals surface area contributed by atoms with Crippen LogP contribution in [0.2, 0.25) is 0 Å². The average Bonchev–Trinajstić information content (AvgIpc) is 3.09. The van der Waals surface area contributed by atoms with Gasteiger partial charge in [-0.05, 0) is 43.4 Å². The minimum absolute atomic E-state index is 0.331. The van der Waals surface area contributed by atoms with Crippen molar-refractivity contribution in [2.75, 3.05) is 18.0 Å². The SMILES string of the molecule is CCN(CC)c1cc2cc(CC(O)(CC(C)(C)c3ccccc3)C(F)(F)F)[nH]c2cn1. The molecule has 0 aliphatic heterocycles. The summed E-state index contributed by atoms with van der Waals surface area (Å²) in [5.41, 5.74) is -2.01. The van der Waals surface area contributed by atoms with Gasteiger partial charge in [0.2, 0.25) is 0 Å². The first-order valence-corrected chi connectivity index (χ1v) is 10.6. The van der Waals surface area contributed by atoms with Gasteiger partial charge in [0, 0.05) is 30.6 Å². The van der Waals surface area contributed by atoms with Crippen molar-refractivity contribution >= 4 is 16.7 Å². The molecule has 0 fully saturated rings. The molecule has 1 atom stereocenters. The number of aromatic amines is 1. The van der Waals surface area contributed by atoms with Crippen molar-refractivity contribution in [1.29, 1.82) is 0 Å². The lowest BCUT2D eigenvalue weighted by Crippen LogP contribution is -2.50. The molecule has 0 bridgehead atoms. The van der Waals surface area contributed by atoms with Crippen molar-refractivity contribution < 1.29 is 18.3 Å². The van der Waals surface area contributed by atoms with Crippen LogP contribution in [0.4, 0.5) is 19.0 Å². The highest BCUT2D eigenvalue weighted by atomic mass is 19.4. The van der Waals surface area contributed by atoms with E-state index in [9.17, 15) is 18.3 Å². The highest BCUT2D eigenvalue weighted by Gasteiger charge is 2.56. The first-order valence-electron chi connectivity index (χ1n) is 10.6. The first kappa shape index (κ1) is 23.1. The zero-order valence-corrected chi connectivity index (χ0v) is 18.4. The van der Waals surface area contributed by atoms with Gasteiger partial charge >= 0.3 is 6.18 Å². The van der Waals surface area contributed by atoms with Crippen LogP contribution in [0.5, 0.6) is 0 Å². The Kier molecular flexibility index (Phi) is 6.37. The molecule has 4 nitrogen and oxygen atoms in total. The molecule has 168 valence electrons. The third-order valence-electron chi connectivity index (χ3n) is 5.93. The van der Waals surface area contributed by atoms with E-state index in [2.05, 4.69) is 14.9 Å². The van der Waals surface area contributed by atoms with Crippen molar-refractivity contribution in [3.63, 3.8) is 0 Å². The zero-order valence-electron chi connectivity index (χ0n) is 18.4. The number of benzene rings is 1. The van der Waals surface area contributed by atoms with Crippen LogP contribution in [0, 0.1) is 0 Å². The Bertz CT molecular complexity index is 1010. The number of fused-ring (bicyclic) bond motifs is 1. The maximum absolute atomic E-state index is 14.1. The molecule has 2 N–H and O–H groups in total. The third kappa shape index (κ3) is 4.87. The summed E-state index contributed by atoms with van der Waals surface area (Å²) in [6.45, 7) is 9.07. The summed E-state index contributed by atoms with van der Waals surface area (Å²) in [6.07, 6.45) is -4.15. The number of alkyl halides is 3. The Morgan fingerprint density at radius 1 is 1.03 bits per heavy atom. The van der Waals surface area contributed by atoms with E-state index in [-0.39, 0.29) is 0 Å². The van der Waals surface area contributed by atoms with E-state index in [4.69, 9.17) is 0 Å². The maximum Gasteiger partial charge on any atom is 0.417 e. The summed E-state index contributed by atoms with van der Waals surface area (Å²) in [6, 6.07) is 12.5. The molecule has 31 heavy (non-hydrogen) atoms. The van der Waals surface area contributed by atoms with Crippen LogP contribution in [-0.2, 0) is 11.8 Å². The summed E-state index contributed by atoms with van der Waals surface area (Å²) in [7, 11) is 0. The summed E-state index contributed by atoms with van der Waals surface area (Å²) < 4.78 is 42.2. The molecule has 3 rings (SSSR count). The van der Waals surface area contributed by atoms with Crippen LogP contribution in [0.3, 0.4) is 0 Å². The lowest BCUT2D eigenvalue weighted by molar-refractivity contribution is -0.266. The fourth-order valence-corrected chi connectivity index (χ4v) is 4.20. The average molecular weight is 434 g/mol. The van der Waals surface area contributed by atoms with E-state index in [1.54, 1.807) is 50.4 Å². The van der Waals surface area contributed by atoms with Gasteiger partial charge in [-0.3, -0.25) is 0 Å². The lowest BCUT2D eigenvalue weighted by Gasteiger charge is -2.37. The predicted octanol–water partition coefficient (Wildman–Crippen LogP) is 5.61. The Morgan fingerprint density at radius 2 is 1.68 bits per heavy atom. The van der Waals surface area contributed by atoms with Crippen molar-refractivity contribution in [3.8, 4) is 0 Å².